The van der Waals surface area contributed by atoms with Gasteiger partial charge in [0, 0.05) is 20.0 Å². The van der Waals surface area contributed by atoms with Crippen LogP contribution in [0.3, 0.4) is 0 Å². The molecule has 0 fully saturated rings. The van der Waals surface area contributed by atoms with Crippen LogP contribution in [0.5, 0.6) is 0 Å². The standard InChI is InChI=1S/C14H23N3O3/c1-4-11-9-12(17(3)16-11)14(20)15-8-7-10(2)5-6-13(18)19/h9-10H,4-8H2,1-3H3,(H,15,20)(H,18,19). The van der Waals surface area contributed by atoms with Gasteiger partial charge in [0.2, 0.25) is 0 Å². The van der Waals surface area contributed by atoms with Gasteiger partial charge in [-0.3, -0.25) is 14.3 Å². The molecule has 1 heterocycles. The van der Waals surface area contributed by atoms with Gasteiger partial charge in [-0.25, -0.2) is 0 Å². The number of nitrogens with one attached hydrogen (secondary N) is 1. The van der Waals surface area contributed by atoms with Crippen LogP contribution >= 0.6 is 0 Å². The Labute approximate surface area is 119 Å². The molecule has 1 unspecified atom stereocenters. The van der Waals surface area contributed by atoms with Crippen LogP contribution in [0.2, 0.25) is 0 Å². The third kappa shape index (κ3) is 5.03. The highest BCUT2D eigenvalue weighted by Crippen LogP contribution is 2.09. The first kappa shape index (κ1) is 16.2. The van der Waals surface area contributed by atoms with Gasteiger partial charge in [-0.1, -0.05) is 13.8 Å². The molecule has 112 valence electrons. The normalized spacial score (nSPS) is 12.2. The fourth-order valence-corrected chi connectivity index (χ4v) is 1.95. The molecule has 0 aromatic carbocycles. The third-order valence-electron chi connectivity index (χ3n) is 3.30. The average molecular weight is 281 g/mol. The van der Waals surface area contributed by atoms with E-state index in [1.54, 1.807) is 17.8 Å². The highest BCUT2D eigenvalue weighted by atomic mass is 16.4. The molecule has 1 aromatic heterocycles. The maximum atomic E-state index is 12.0. The van der Waals surface area contributed by atoms with Gasteiger partial charge in [-0.05, 0) is 31.2 Å². The van der Waals surface area contributed by atoms with E-state index in [9.17, 15) is 9.59 Å². The van der Waals surface area contributed by atoms with Gasteiger partial charge in [0.05, 0.1) is 5.69 Å². The predicted octanol–water partition coefficient (Wildman–Crippen LogP) is 1.60. The predicted molar refractivity (Wildman–Crippen MR) is 75.6 cm³/mol. The van der Waals surface area contributed by atoms with Crippen molar-refractivity contribution in [3.63, 3.8) is 0 Å². The number of carbonyl (C=O) groups excluding carboxylic acids is 1. The second-order valence-corrected chi connectivity index (χ2v) is 5.08. The molecule has 2 N–H and O–H groups in total. The Kier molecular flexibility index (Phi) is 6.21. The molecule has 6 nitrogen and oxygen atoms in total. The van der Waals surface area contributed by atoms with E-state index < -0.39 is 5.97 Å². The second kappa shape index (κ2) is 7.67. The monoisotopic (exact) mass is 281 g/mol. The van der Waals surface area contributed by atoms with Gasteiger partial charge in [-0.15, -0.1) is 0 Å². The van der Waals surface area contributed by atoms with Crippen molar-refractivity contribution in [1.82, 2.24) is 15.1 Å². The molecule has 20 heavy (non-hydrogen) atoms. The van der Waals surface area contributed by atoms with E-state index >= 15 is 0 Å². The zero-order chi connectivity index (χ0) is 15.1. The van der Waals surface area contributed by atoms with Crippen molar-refractivity contribution < 1.29 is 14.7 Å². The van der Waals surface area contributed by atoms with Gasteiger partial charge in [0.25, 0.3) is 5.91 Å². The van der Waals surface area contributed by atoms with Gasteiger partial charge in [0.15, 0.2) is 0 Å². The van der Waals surface area contributed by atoms with Crippen molar-refractivity contribution in [3.05, 3.63) is 17.5 Å². The maximum absolute atomic E-state index is 12.0. The summed E-state index contributed by atoms with van der Waals surface area (Å²) in [5.41, 5.74) is 1.45. The molecule has 0 saturated carbocycles. The SMILES string of the molecule is CCc1cc(C(=O)NCCC(C)CCC(=O)O)n(C)n1. The van der Waals surface area contributed by atoms with E-state index in [0.717, 1.165) is 18.5 Å². The number of nitrogens with zero attached hydrogens (tertiary/aromatic N) is 2. The summed E-state index contributed by atoms with van der Waals surface area (Å²) in [5, 5.41) is 15.7. The molecule has 1 rings (SSSR count). The average Bonchev–Trinajstić information content (AvgIpc) is 2.77. The van der Waals surface area contributed by atoms with Crippen LogP contribution in [0, 0.1) is 5.92 Å². The summed E-state index contributed by atoms with van der Waals surface area (Å²) >= 11 is 0. The second-order valence-electron chi connectivity index (χ2n) is 5.08. The Morgan fingerprint density at radius 2 is 2.15 bits per heavy atom. The number of amides is 1. The van der Waals surface area contributed by atoms with Crippen LogP contribution in [0.4, 0.5) is 0 Å². The topological polar surface area (TPSA) is 84.2 Å². The van der Waals surface area contributed by atoms with E-state index in [-0.39, 0.29) is 18.2 Å². The molecule has 0 saturated heterocycles. The number of carboxylic acid groups (broad SMARTS) is 1. The Balaban J connectivity index is 2.36. The summed E-state index contributed by atoms with van der Waals surface area (Å²) < 4.78 is 1.59. The minimum atomic E-state index is -0.775. The molecule has 0 radical (unpaired) electrons. The number of aromatic nitrogens is 2. The molecule has 6 heteroatoms. The number of aryl methyl sites for hydroxylation is 2. The third-order valence-corrected chi connectivity index (χ3v) is 3.30. The summed E-state index contributed by atoms with van der Waals surface area (Å²) in [6.07, 6.45) is 2.39. The lowest BCUT2D eigenvalue weighted by atomic mass is 10.0. The van der Waals surface area contributed by atoms with Crippen LogP contribution in [0.15, 0.2) is 6.07 Å². The summed E-state index contributed by atoms with van der Waals surface area (Å²) in [5.74, 6) is -0.628. The van der Waals surface area contributed by atoms with Crippen LogP contribution in [0.25, 0.3) is 0 Å². The van der Waals surface area contributed by atoms with E-state index in [1.165, 1.54) is 0 Å². The van der Waals surface area contributed by atoms with E-state index in [0.29, 0.717) is 18.7 Å². The van der Waals surface area contributed by atoms with Crippen LogP contribution in [0.1, 0.15) is 49.3 Å². The molecule has 0 aliphatic carbocycles. The first-order valence-corrected chi connectivity index (χ1v) is 6.97. The minimum absolute atomic E-state index is 0.134. The van der Waals surface area contributed by atoms with Crippen molar-refractivity contribution in [1.29, 1.82) is 0 Å². The van der Waals surface area contributed by atoms with Gasteiger partial charge in [-0.2, -0.15) is 5.10 Å². The molecule has 1 atom stereocenters. The Bertz CT molecular complexity index is 468. The fraction of sp³-hybridized carbons (Fsp3) is 0.643. The summed E-state index contributed by atoms with van der Waals surface area (Å²) in [4.78, 5) is 22.4. The molecular weight excluding hydrogens is 258 g/mol. The van der Waals surface area contributed by atoms with E-state index in [4.69, 9.17) is 5.11 Å². The highest BCUT2D eigenvalue weighted by Gasteiger charge is 2.12. The van der Waals surface area contributed by atoms with Gasteiger partial charge >= 0.3 is 5.97 Å². The van der Waals surface area contributed by atoms with Gasteiger partial charge in [0.1, 0.15) is 5.69 Å². The van der Waals surface area contributed by atoms with Crippen LogP contribution in [-0.2, 0) is 18.3 Å². The molecule has 0 aliphatic rings. The Hall–Kier alpha value is -1.85. The maximum Gasteiger partial charge on any atom is 0.303 e. The molecule has 1 amide bonds. The number of hydrogen-bond acceptors (Lipinski definition) is 3. The van der Waals surface area contributed by atoms with Crippen molar-refractivity contribution in [2.45, 2.75) is 39.5 Å². The highest BCUT2D eigenvalue weighted by molar-refractivity contribution is 5.92. The largest absolute Gasteiger partial charge is 0.481 e. The van der Waals surface area contributed by atoms with Crippen LogP contribution in [-0.4, -0.2) is 33.3 Å². The summed E-state index contributed by atoms with van der Waals surface area (Å²) in [6.45, 7) is 4.54. The Morgan fingerprint density at radius 1 is 1.45 bits per heavy atom. The number of hydrogen-bond donors (Lipinski definition) is 2. The molecule has 0 spiro atoms. The van der Waals surface area contributed by atoms with Gasteiger partial charge < -0.3 is 10.4 Å². The minimum Gasteiger partial charge on any atom is -0.481 e. The number of rotatable bonds is 8. The summed E-state index contributed by atoms with van der Waals surface area (Å²) in [7, 11) is 1.75. The molecule has 0 bridgehead atoms. The van der Waals surface area contributed by atoms with Crippen molar-refractivity contribution >= 4 is 11.9 Å². The molecule has 0 aliphatic heterocycles. The quantitative estimate of drug-likeness (QED) is 0.758. The van der Waals surface area contributed by atoms with E-state index in [2.05, 4.69) is 10.4 Å². The molecule has 1 aromatic rings. The summed E-state index contributed by atoms with van der Waals surface area (Å²) in [6, 6.07) is 1.79. The van der Waals surface area contributed by atoms with Crippen LogP contribution < -0.4 is 5.32 Å². The fourth-order valence-electron chi connectivity index (χ4n) is 1.95. The van der Waals surface area contributed by atoms with Crippen molar-refractivity contribution in [2.75, 3.05) is 6.54 Å². The first-order chi connectivity index (χ1) is 9.43. The first-order valence-electron chi connectivity index (χ1n) is 6.97. The Morgan fingerprint density at radius 3 is 2.70 bits per heavy atom. The lowest BCUT2D eigenvalue weighted by molar-refractivity contribution is -0.137. The van der Waals surface area contributed by atoms with E-state index in [1.807, 2.05) is 13.8 Å². The number of aliphatic carboxylic acids is 1. The number of carboxylic acids is 1. The number of carbonyl (C=O) groups is 2. The zero-order valence-corrected chi connectivity index (χ0v) is 12.3. The zero-order valence-electron chi connectivity index (χ0n) is 12.3. The lowest BCUT2D eigenvalue weighted by Gasteiger charge is -2.10. The lowest BCUT2D eigenvalue weighted by Crippen LogP contribution is -2.27. The molecular formula is C14H23N3O3. The van der Waals surface area contributed by atoms with Crippen molar-refractivity contribution in [3.8, 4) is 0 Å². The van der Waals surface area contributed by atoms with Crippen molar-refractivity contribution in [2.24, 2.45) is 13.0 Å². The smallest absolute Gasteiger partial charge is 0.303 e.